The minimum Gasteiger partial charge on any atom is -0.487 e. The van der Waals surface area contributed by atoms with Crippen molar-refractivity contribution in [3.05, 3.63) is 23.6 Å². The van der Waals surface area contributed by atoms with E-state index in [-0.39, 0.29) is 41.7 Å². The van der Waals surface area contributed by atoms with E-state index < -0.39 is 51.7 Å². The summed E-state index contributed by atoms with van der Waals surface area (Å²) in [5.74, 6) is -3.42. The van der Waals surface area contributed by atoms with Gasteiger partial charge in [-0.15, -0.1) is 0 Å². The molecule has 0 radical (unpaired) electrons. The first-order valence-corrected chi connectivity index (χ1v) is 11.5. The minimum absolute atomic E-state index is 0.0436. The number of thiocarbonyl (C=S) groups is 1. The number of ketones is 1. The Morgan fingerprint density at radius 1 is 1.31 bits per heavy atom. The Morgan fingerprint density at radius 3 is 2.56 bits per heavy atom. The first-order chi connectivity index (χ1) is 14.8. The second kappa shape index (κ2) is 7.16. The Labute approximate surface area is 192 Å². The Morgan fingerprint density at radius 2 is 1.97 bits per heavy atom. The number of hydrogen-bond donors (Lipinski definition) is 1. The molecule has 0 aliphatic heterocycles. The third-order valence-corrected chi connectivity index (χ3v) is 9.54. The number of hydrogen-bond acceptors (Lipinski definition) is 6. The summed E-state index contributed by atoms with van der Waals surface area (Å²) in [6.45, 7) is 6.65. The number of allylic oxidation sites excluding steroid dienone is 4. The normalized spacial score (nSPS) is 47.4. The number of carbonyl (C=O) groups is 2. The Bertz CT molecular complexity index is 962. The molecule has 32 heavy (non-hydrogen) atoms. The molecule has 0 saturated heterocycles. The molecule has 3 saturated carbocycles. The van der Waals surface area contributed by atoms with E-state index in [9.17, 15) is 19.1 Å². The summed E-state index contributed by atoms with van der Waals surface area (Å²) in [4.78, 5) is 24.1. The second-order valence-corrected chi connectivity index (χ2v) is 10.7. The van der Waals surface area contributed by atoms with Gasteiger partial charge in [0, 0.05) is 29.6 Å². The molecule has 5 nitrogen and oxygen atoms in total. The number of aliphatic hydroxyl groups excluding tert-OH is 1. The molecule has 4 aliphatic carbocycles. The zero-order valence-electron chi connectivity index (χ0n) is 19.0. The molecule has 0 heterocycles. The van der Waals surface area contributed by atoms with Crippen LogP contribution in [0.3, 0.4) is 0 Å². The van der Waals surface area contributed by atoms with E-state index in [1.54, 1.807) is 6.92 Å². The number of methoxy groups -OCH3 is 1. The van der Waals surface area contributed by atoms with Gasteiger partial charge in [-0.1, -0.05) is 19.9 Å². The Hall–Kier alpha value is -1.67. The van der Waals surface area contributed by atoms with Crippen LogP contribution in [0.5, 0.6) is 0 Å². The van der Waals surface area contributed by atoms with Crippen LogP contribution >= 0.6 is 12.2 Å². The molecule has 0 unspecified atom stereocenters. The Kier molecular flexibility index (Phi) is 5.26. The van der Waals surface area contributed by atoms with Crippen molar-refractivity contribution in [3.63, 3.8) is 0 Å². The summed E-state index contributed by atoms with van der Waals surface area (Å²) in [7, 11) is 1.42. The van der Waals surface area contributed by atoms with Crippen LogP contribution in [0.4, 0.5) is 8.78 Å². The van der Waals surface area contributed by atoms with Gasteiger partial charge in [-0.3, -0.25) is 9.59 Å². The number of ether oxygens (including phenoxy) is 2. The van der Waals surface area contributed by atoms with Gasteiger partial charge in [0.25, 0.3) is 0 Å². The van der Waals surface area contributed by atoms with Crippen molar-refractivity contribution in [3.8, 4) is 0 Å². The van der Waals surface area contributed by atoms with Crippen LogP contribution in [0.2, 0.25) is 0 Å². The smallest absolute Gasteiger partial charge is 0.303 e. The first kappa shape index (κ1) is 23.5. The van der Waals surface area contributed by atoms with Crippen LogP contribution in [-0.4, -0.2) is 46.4 Å². The van der Waals surface area contributed by atoms with Crippen molar-refractivity contribution in [2.45, 2.75) is 70.8 Å². The highest BCUT2D eigenvalue weighted by Gasteiger charge is 2.77. The van der Waals surface area contributed by atoms with Crippen LogP contribution in [0.15, 0.2) is 23.6 Å². The van der Waals surface area contributed by atoms with Crippen molar-refractivity contribution in [2.75, 3.05) is 7.11 Å². The lowest BCUT2D eigenvalue weighted by atomic mass is 9.44. The molecule has 0 spiro atoms. The van der Waals surface area contributed by atoms with Gasteiger partial charge in [-0.2, -0.15) is 0 Å². The molecule has 0 aromatic carbocycles. The number of esters is 1. The third kappa shape index (κ3) is 2.54. The van der Waals surface area contributed by atoms with E-state index in [2.05, 4.69) is 0 Å². The topological polar surface area (TPSA) is 72.8 Å². The molecule has 0 aromatic heterocycles. The first-order valence-electron chi connectivity index (χ1n) is 11.1. The highest BCUT2D eigenvalue weighted by atomic mass is 32.1. The van der Waals surface area contributed by atoms with Gasteiger partial charge >= 0.3 is 5.97 Å². The van der Waals surface area contributed by atoms with E-state index >= 15 is 4.39 Å². The molecule has 4 aliphatic rings. The summed E-state index contributed by atoms with van der Waals surface area (Å²) in [5, 5.41) is 11.5. The summed E-state index contributed by atoms with van der Waals surface area (Å²) < 4.78 is 43.3. The van der Waals surface area contributed by atoms with E-state index in [0.29, 0.717) is 6.42 Å². The fourth-order valence-electron chi connectivity index (χ4n) is 7.68. The molecule has 8 atom stereocenters. The van der Waals surface area contributed by atoms with Crippen LogP contribution in [-0.2, 0) is 19.1 Å². The lowest BCUT2D eigenvalue weighted by Crippen LogP contribution is -2.69. The zero-order valence-corrected chi connectivity index (χ0v) is 19.9. The van der Waals surface area contributed by atoms with Gasteiger partial charge in [0.15, 0.2) is 17.1 Å². The van der Waals surface area contributed by atoms with E-state index in [0.717, 1.165) is 6.08 Å². The number of alkyl halides is 1. The molecule has 0 amide bonds. The van der Waals surface area contributed by atoms with Crippen molar-refractivity contribution in [2.24, 2.45) is 28.6 Å². The van der Waals surface area contributed by atoms with Crippen LogP contribution < -0.4 is 0 Å². The maximum absolute atomic E-state index is 17.2. The van der Waals surface area contributed by atoms with Gasteiger partial charge in [0.2, 0.25) is 10.8 Å². The minimum atomic E-state index is -2.18. The van der Waals surface area contributed by atoms with Crippen molar-refractivity contribution in [1.82, 2.24) is 0 Å². The Balaban J connectivity index is 1.88. The molecule has 4 rings (SSSR count). The lowest BCUT2D eigenvalue weighted by molar-refractivity contribution is -0.217. The third-order valence-electron chi connectivity index (χ3n) is 9.07. The number of halogens is 2. The fourth-order valence-corrected chi connectivity index (χ4v) is 8.16. The monoisotopic (exact) mass is 468 g/mol. The van der Waals surface area contributed by atoms with E-state index in [4.69, 9.17) is 21.7 Å². The van der Waals surface area contributed by atoms with Gasteiger partial charge in [-0.25, -0.2) is 8.78 Å². The van der Waals surface area contributed by atoms with Gasteiger partial charge in [0.05, 0.1) is 13.2 Å². The van der Waals surface area contributed by atoms with Gasteiger partial charge in [-0.05, 0) is 62.4 Å². The quantitative estimate of drug-likeness (QED) is 0.484. The molecule has 176 valence electrons. The molecular weight excluding hydrogens is 438 g/mol. The van der Waals surface area contributed by atoms with Crippen LogP contribution in [0.1, 0.15) is 53.4 Å². The molecule has 0 aromatic rings. The number of fused-ring (bicyclic) bond motifs is 5. The average molecular weight is 469 g/mol. The molecule has 1 N–H and O–H groups in total. The number of aliphatic hydroxyl groups is 1. The zero-order chi connectivity index (χ0) is 23.9. The lowest BCUT2D eigenvalue weighted by Gasteiger charge is -2.62. The molecule has 0 bridgehead atoms. The second-order valence-electron chi connectivity index (χ2n) is 10.3. The highest BCUT2D eigenvalue weighted by Crippen LogP contribution is 2.71. The van der Waals surface area contributed by atoms with Crippen molar-refractivity contribution < 1.29 is 33.0 Å². The maximum atomic E-state index is 17.2. The molecule has 8 heteroatoms. The largest absolute Gasteiger partial charge is 0.487 e. The predicted molar refractivity (Wildman–Crippen MR) is 117 cm³/mol. The van der Waals surface area contributed by atoms with Crippen molar-refractivity contribution in [1.29, 1.82) is 0 Å². The van der Waals surface area contributed by atoms with E-state index in [1.165, 1.54) is 20.1 Å². The van der Waals surface area contributed by atoms with Gasteiger partial charge < -0.3 is 14.6 Å². The molecular formula is C24H30F2O5S. The summed E-state index contributed by atoms with van der Waals surface area (Å²) >= 11 is 5.54. The van der Waals surface area contributed by atoms with Crippen LogP contribution in [0, 0.1) is 28.6 Å². The highest BCUT2D eigenvalue weighted by molar-refractivity contribution is 7.80. The SMILES string of the molecule is COC(=S)[C@@]1(OC(C)=O)[C@H](C)C[C@H]2[C@@H]3CCC4=C(F)C(=O)C=C[C@]4(C)[C@@]3(F)[C@@H](O)C[C@@]21C. The summed E-state index contributed by atoms with van der Waals surface area (Å²) in [5.41, 5.74) is -5.67. The predicted octanol–water partition coefficient (Wildman–Crippen LogP) is 4.18. The summed E-state index contributed by atoms with van der Waals surface area (Å²) in [6, 6.07) is 0. The van der Waals surface area contributed by atoms with Crippen molar-refractivity contribution >= 4 is 29.0 Å². The van der Waals surface area contributed by atoms with E-state index in [1.807, 2.05) is 13.8 Å². The fraction of sp³-hybridized carbons (Fsp3) is 0.708. The van der Waals surface area contributed by atoms with Gasteiger partial charge in [0.1, 0.15) is 0 Å². The number of rotatable bonds is 2. The van der Waals surface area contributed by atoms with Crippen LogP contribution in [0.25, 0.3) is 0 Å². The number of carbonyl (C=O) groups excluding carboxylic acids is 2. The summed E-state index contributed by atoms with van der Waals surface area (Å²) in [6.07, 6.45) is 1.97. The standard InChI is InChI=1S/C24H30F2O5S/c1-12-10-16-14-6-7-15-19(25)17(28)8-9-21(15,3)23(14,26)18(29)11-22(16,4)24(12,20(32)30-5)31-13(2)27/h8-9,12,14,16,18,29H,6-7,10-11H2,1-5H3/t12-,14+,16+,18+,21+,22+,23+,24+/m1/s1. The molecule has 3 fully saturated rings. The average Bonchev–Trinajstić information content (AvgIpc) is 2.93. The maximum Gasteiger partial charge on any atom is 0.303 e.